The fourth-order valence-electron chi connectivity index (χ4n) is 6.21. The monoisotopic (exact) mass is 648 g/mol. The standard InChI is InChI=1S/3C13H12O3/c3*14-12-10(6-9-4-2-1-3-5-9)7-11-8-15-13(12)16-11/h3*1-6,11,13H,7-8H2/b3*10-6+/t3*11-,13+/m000/s1. The highest BCUT2D eigenvalue weighted by Gasteiger charge is 2.41. The second-order valence-electron chi connectivity index (χ2n) is 12.2. The Morgan fingerprint density at radius 2 is 0.688 bits per heavy atom. The molecule has 6 bridgehead atoms. The van der Waals surface area contributed by atoms with Crippen molar-refractivity contribution in [2.75, 3.05) is 19.8 Å². The maximum absolute atomic E-state index is 11.9. The molecule has 6 aliphatic heterocycles. The first kappa shape index (κ1) is 32.2. The highest BCUT2D eigenvalue weighted by Crippen LogP contribution is 2.31. The van der Waals surface area contributed by atoms with Crippen LogP contribution >= 0.6 is 0 Å². The molecule has 246 valence electrons. The maximum Gasteiger partial charge on any atom is 0.222 e. The van der Waals surface area contributed by atoms with Crippen LogP contribution in [0.3, 0.4) is 0 Å². The maximum atomic E-state index is 11.9. The van der Waals surface area contributed by atoms with Crippen LogP contribution in [0.4, 0.5) is 0 Å². The van der Waals surface area contributed by atoms with Gasteiger partial charge in [0.2, 0.25) is 36.2 Å². The van der Waals surface area contributed by atoms with Gasteiger partial charge in [-0.2, -0.15) is 0 Å². The van der Waals surface area contributed by atoms with E-state index in [0.29, 0.717) is 39.1 Å². The Morgan fingerprint density at radius 1 is 0.417 bits per heavy atom. The minimum Gasteiger partial charge on any atom is -0.343 e. The topological polar surface area (TPSA) is 107 Å². The van der Waals surface area contributed by atoms with Gasteiger partial charge in [0.1, 0.15) is 0 Å². The van der Waals surface area contributed by atoms with Crippen molar-refractivity contribution in [1.29, 1.82) is 0 Å². The summed E-state index contributed by atoms with van der Waals surface area (Å²) in [5.41, 5.74) is 5.58. The molecule has 0 saturated carbocycles. The van der Waals surface area contributed by atoms with Gasteiger partial charge in [-0.1, -0.05) is 91.0 Å². The molecular formula is C39H36O9. The fourth-order valence-corrected chi connectivity index (χ4v) is 6.21. The molecule has 6 atom stereocenters. The van der Waals surface area contributed by atoms with E-state index >= 15 is 0 Å². The number of carbonyl (C=O) groups excluding carboxylic acids is 3. The first-order chi connectivity index (χ1) is 23.5. The van der Waals surface area contributed by atoms with E-state index in [9.17, 15) is 14.4 Å². The first-order valence-electron chi connectivity index (χ1n) is 16.2. The molecule has 9 heteroatoms. The van der Waals surface area contributed by atoms with Crippen molar-refractivity contribution in [2.24, 2.45) is 0 Å². The molecule has 0 aliphatic carbocycles. The highest BCUT2D eigenvalue weighted by atomic mass is 16.7. The largest absolute Gasteiger partial charge is 0.343 e. The number of benzene rings is 3. The quantitative estimate of drug-likeness (QED) is 0.348. The van der Waals surface area contributed by atoms with Gasteiger partial charge in [-0.05, 0) is 34.9 Å². The average Bonchev–Trinajstić information content (AvgIpc) is 3.85. The van der Waals surface area contributed by atoms with Gasteiger partial charge in [0.15, 0.2) is 0 Å². The van der Waals surface area contributed by atoms with Gasteiger partial charge in [0.25, 0.3) is 0 Å². The molecule has 0 spiro atoms. The molecule has 3 aromatic carbocycles. The third kappa shape index (κ3) is 7.68. The number of fused-ring (bicyclic) bond motifs is 6. The van der Waals surface area contributed by atoms with Crippen molar-refractivity contribution in [2.45, 2.75) is 56.4 Å². The smallest absolute Gasteiger partial charge is 0.222 e. The summed E-state index contributed by atoms with van der Waals surface area (Å²) in [6.07, 6.45) is 5.95. The molecule has 0 N–H and O–H groups in total. The van der Waals surface area contributed by atoms with E-state index in [1.165, 1.54) is 0 Å². The summed E-state index contributed by atoms with van der Waals surface area (Å²) in [7, 11) is 0. The normalized spacial score (nSPS) is 31.0. The average molecular weight is 649 g/mol. The summed E-state index contributed by atoms with van der Waals surface area (Å²) in [5, 5.41) is 0. The van der Waals surface area contributed by atoms with E-state index in [1.807, 2.05) is 109 Å². The number of Topliss-reactive ketones (excluding diaryl/α,β-unsaturated/α-hetero) is 3. The van der Waals surface area contributed by atoms with Gasteiger partial charge in [-0.25, -0.2) is 0 Å². The molecule has 0 unspecified atom stereocenters. The van der Waals surface area contributed by atoms with E-state index in [0.717, 1.165) is 33.4 Å². The molecular weight excluding hydrogens is 612 g/mol. The second kappa shape index (κ2) is 14.8. The van der Waals surface area contributed by atoms with Crippen LogP contribution in [-0.2, 0) is 42.8 Å². The third-order valence-corrected chi connectivity index (χ3v) is 8.60. The summed E-state index contributed by atoms with van der Waals surface area (Å²) in [5.74, 6) is -0.0900. The molecule has 6 fully saturated rings. The summed E-state index contributed by atoms with van der Waals surface area (Å²) < 4.78 is 31.8. The van der Waals surface area contributed by atoms with Crippen molar-refractivity contribution in [1.82, 2.24) is 0 Å². The molecule has 6 heterocycles. The lowest BCUT2D eigenvalue weighted by atomic mass is 9.99. The lowest BCUT2D eigenvalue weighted by Crippen LogP contribution is -2.30. The minimum atomic E-state index is -0.659. The summed E-state index contributed by atoms with van der Waals surface area (Å²) in [4.78, 5) is 35.6. The van der Waals surface area contributed by atoms with E-state index in [2.05, 4.69) is 0 Å². The number of hydrogen-bond donors (Lipinski definition) is 0. The molecule has 6 saturated heterocycles. The number of hydrogen-bond acceptors (Lipinski definition) is 9. The minimum absolute atomic E-state index is 0.0300. The summed E-state index contributed by atoms with van der Waals surface area (Å²) in [6, 6.07) is 29.5. The summed E-state index contributed by atoms with van der Waals surface area (Å²) in [6.45, 7) is 1.59. The summed E-state index contributed by atoms with van der Waals surface area (Å²) >= 11 is 0. The Kier molecular flexibility index (Phi) is 9.95. The molecule has 0 radical (unpaired) electrons. The molecule has 0 amide bonds. The van der Waals surface area contributed by atoms with Crippen LogP contribution in [0.25, 0.3) is 18.2 Å². The van der Waals surface area contributed by atoms with Crippen molar-refractivity contribution < 1.29 is 42.8 Å². The van der Waals surface area contributed by atoms with Gasteiger partial charge < -0.3 is 28.4 Å². The van der Waals surface area contributed by atoms with Crippen LogP contribution in [0.1, 0.15) is 36.0 Å². The van der Waals surface area contributed by atoms with Crippen molar-refractivity contribution in [3.05, 3.63) is 124 Å². The molecule has 0 aromatic heterocycles. The van der Waals surface area contributed by atoms with E-state index in [-0.39, 0.29) is 35.7 Å². The molecule has 9 nitrogen and oxygen atoms in total. The van der Waals surface area contributed by atoms with Crippen LogP contribution in [0.15, 0.2) is 108 Å². The van der Waals surface area contributed by atoms with Crippen LogP contribution in [0.5, 0.6) is 0 Å². The first-order valence-corrected chi connectivity index (χ1v) is 16.2. The molecule has 9 rings (SSSR count). The lowest BCUT2D eigenvalue weighted by molar-refractivity contribution is -0.146. The Morgan fingerprint density at radius 3 is 0.958 bits per heavy atom. The zero-order valence-corrected chi connectivity index (χ0v) is 26.3. The number of rotatable bonds is 3. The van der Waals surface area contributed by atoms with Gasteiger partial charge >= 0.3 is 0 Å². The Labute approximate surface area is 278 Å². The Bertz CT molecular complexity index is 1510. The van der Waals surface area contributed by atoms with Gasteiger partial charge in [-0.3, -0.25) is 14.4 Å². The molecule has 48 heavy (non-hydrogen) atoms. The SMILES string of the molecule is O=C1/C(=C/c2ccccc2)C[C@H]2CO[C@@H]1O2.O=C1/C(=C/c2ccccc2)C[C@H]2CO[C@@H]1O2.O=C1/C(=C/c2ccccc2)C[C@H]2CO[C@@H]1O2. The van der Waals surface area contributed by atoms with Crippen molar-refractivity contribution in [3.63, 3.8) is 0 Å². The lowest BCUT2D eigenvalue weighted by Gasteiger charge is -2.19. The predicted molar refractivity (Wildman–Crippen MR) is 176 cm³/mol. The van der Waals surface area contributed by atoms with E-state index in [4.69, 9.17) is 28.4 Å². The number of ether oxygens (including phenoxy) is 6. The van der Waals surface area contributed by atoms with Crippen LogP contribution in [-0.4, -0.2) is 74.4 Å². The molecule has 3 aromatic rings. The van der Waals surface area contributed by atoms with Crippen molar-refractivity contribution >= 4 is 35.6 Å². The third-order valence-electron chi connectivity index (χ3n) is 8.60. The Balaban J connectivity index is 0.000000114. The predicted octanol–water partition coefficient (Wildman–Crippen LogP) is 5.35. The van der Waals surface area contributed by atoms with Crippen LogP contribution in [0, 0.1) is 0 Å². The zero-order chi connectivity index (χ0) is 32.9. The van der Waals surface area contributed by atoms with Crippen LogP contribution < -0.4 is 0 Å². The van der Waals surface area contributed by atoms with Crippen LogP contribution in [0.2, 0.25) is 0 Å². The Hall–Kier alpha value is -4.35. The van der Waals surface area contributed by atoms with E-state index < -0.39 is 18.9 Å². The number of carbonyl (C=O) groups is 3. The number of ketones is 3. The van der Waals surface area contributed by atoms with Gasteiger partial charge in [-0.15, -0.1) is 0 Å². The van der Waals surface area contributed by atoms with Gasteiger partial charge in [0.05, 0.1) is 38.1 Å². The zero-order valence-electron chi connectivity index (χ0n) is 26.3. The molecule has 6 aliphatic rings. The van der Waals surface area contributed by atoms with Crippen molar-refractivity contribution in [3.8, 4) is 0 Å². The second-order valence-corrected chi connectivity index (χ2v) is 12.2. The highest BCUT2D eigenvalue weighted by molar-refractivity contribution is 6.04. The van der Waals surface area contributed by atoms with E-state index in [1.54, 1.807) is 0 Å². The van der Waals surface area contributed by atoms with Gasteiger partial charge in [0, 0.05) is 36.0 Å². The fraction of sp³-hybridized carbons (Fsp3) is 0.308.